The maximum absolute atomic E-state index is 12.7. The van der Waals surface area contributed by atoms with Gasteiger partial charge in [0, 0.05) is 18.7 Å². The molecular weight excluding hydrogens is 426 g/mol. The number of methoxy groups -OCH3 is 1. The number of aromatic nitrogens is 2. The Morgan fingerprint density at radius 3 is 2.58 bits per heavy atom. The highest BCUT2D eigenvalue weighted by atomic mass is 32.2. The van der Waals surface area contributed by atoms with E-state index in [1.807, 2.05) is 13.8 Å². The molecule has 4 rings (SSSR count). The van der Waals surface area contributed by atoms with E-state index in [1.165, 1.54) is 16.4 Å². The highest BCUT2D eigenvalue weighted by molar-refractivity contribution is 7.89. The molecule has 10 nitrogen and oxygen atoms in total. The van der Waals surface area contributed by atoms with Gasteiger partial charge in [-0.15, -0.1) is 0 Å². The summed E-state index contributed by atoms with van der Waals surface area (Å²) in [6.07, 6.45) is -0.00147. The van der Waals surface area contributed by atoms with Gasteiger partial charge < -0.3 is 23.2 Å². The average Bonchev–Trinajstić information content (AvgIpc) is 3.44. The van der Waals surface area contributed by atoms with Crippen molar-refractivity contribution in [1.29, 1.82) is 0 Å². The smallest absolute Gasteiger partial charge is 0.293 e. The molecule has 11 heteroatoms. The Labute approximate surface area is 179 Å². The first-order valence-corrected chi connectivity index (χ1v) is 11.2. The summed E-state index contributed by atoms with van der Waals surface area (Å²) in [5.74, 6) is 1.68. The minimum Gasteiger partial charge on any atom is -0.493 e. The lowest BCUT2D eigenvalue weighted by Gasteiger charge is -2.24. The van der Waals surface area contributed by atoms with Crippen molar-refractivity contribution in [3.63, 3.8) is 0 Å². The van der Waals surface area contributed by atoms with E-state index in [2.05, 4.69) is 10.1 Å². The number of sulfonamides is 1. The van der Waals surface area contributed by atoms with E-state index < -0.39 is 10.0 Å². The van der Waals surface area contributed by atoms with Crippen LogP contribution in [-0.4, -0.2) is 62.4 Å². The summed E-state index contributed by atoms with van der Waals surface area (Å²) in [5, 5.41) is 3.79. The number of hydrogen-bond donors (Lipinski definition) is 0. The molecule has 0 atom stereocenters. The molecule has 31 heavy (non-hydrogen) atoms. The van der Waals surface area contributed by atoms with Gasteiger partial charge in [-0.25, -0.2) is 8.42 Å². The molecule has 0 bridgehead atoms. The fourth-order valence-corrected chi connectivity index (χ4v) is 4.41. The van der Waals surface area contributed by atoms with Crippen LogP contribution in [0.15, 0.2) is 44.4 Å². The predicted molar refractivity (Wildman–Crippen MR) is 109 cm³/mol. The van der Waals surface area contributed by atoms with Crippen LogP contribution in [0.2, 0.25) is 0 Å². The fraction of sp³-hybridized carbons (Fsp3) is 0.400. The summed E-state index contributed by atoms with van der Waals surface area (Å²) in [6, 6.07) is 8.16. The lowest BCUT2D eigenvalue weighted by Crippen LogP contribution is -2.40. The van der Waals surface area contributed by atoms with Crippen molar-refractivity contribution in [3.8, 4) is 34.5 Å². The number of nitrogens with zero attached hydrogens (tertiary/aromatic N) is 3. The largest absolute Gasteiger partial charge is 0.493 e. The molecule has 1 fully saturated rings. The molecule has 1 aliphatic heterocycles. The molecule has 0 N–H and O–H groups in total. The Morgan fingerprint density at radius 2 is 1.87 bits per heavy atom. The quantitative estimate of drug-likeness (QED) is 0.536. The number of morpholine rings is 1. The van der Waals surface area contributed by atoms with Gasteiger partial charge >= 0.3 is 0 Å². The third kappa shape index (κ3) is 4.43. The van der Waals surface area contributed by atoms with E-state index in [4.69, 9.17) is 23.2 Å². The zero-order valence-electron chi connectivity index (χ0n) is 17.4. The lowest BCUT2D eigenvalue weighted by molar-refractivity contribution is 0.0724. The van der Waals surface area contributed by atoms with Crippen LogP contribution in [0.1, 0.15) is 13.8 Å². The van der Waals surface area contributed by atoms with Crippen molar-refractivity contribution >= 4 is 10.0 Å². The summed E-state index contributed by atoms with van der Waals surface area (Å²) in [7, 11) is -2.20. The second kappa shape index (κ2) is 8.69. The van der Waals surface area contributed by atoms with Gasteiger partial charge in [-0.05, 0) is 44.2 Å². The number of furan rings is 1. The summed E-state index contributed by atoms with van der Waals surface area (Å²) in [6.45, 7) is 5.11. The third-order valence-electron chi connectivity index (χ3n) is 4.57. The zero-order valence-corrected chi connectivity index (χ0v) is 18.2. The molecule has 0 aliphatic carbocycles. The number of hydrogen-bond acceptors (Lipinski definition) is 9. The SMILES string of the molecule is COc1cc(-c2noc(-c3ccc(S(=O)(=O)N4CCOCC4)o3)n2)ccc1OC(C)C. The molecule has 0 unspecified atom stereocenters. The molecule has 166 valence electrons. The number of ether oxygens (including phenoxy) is 3. The maximum atomic E-state index is 12.7. The molecule has 1 aromatic carbocycles. The van der Waals surface area contributed by atoms with Crippen LogP contribution in [0.3, 0.4) is 0 Å². The Hall–Kier alpha value is -2.89. The van der Waals surface area contributed by atoms with Crippen LogP contribution in [0.4, 0.5) is 0 Å². The van der Waals surface area contributed by atoms with Crippen molar-refractivity contribution < 1.29 is 31.6 Å². The third-order valence-corrected chi connectivity index (χ3v) is 6.34. The molecule has 1 saturated heterocycles. The second-order valence-electron chi connectivity index (χ2n) is 7.09. The molecule has 3 aromatic rings. The first-order chi connectivity index (χ1) is 14.9. The average molecular weight is 449 g/mol. The molecule has 0 saturated carbocycles. The van der Waals surface area contributed by atoms with Crippen molar-refractivity contribution in [3.05, 3.63) is 30.3 Å². The molecule has 1 aliphatic rings. The van der Waals surface area contributed by atoms with Crippen LogP contribution in [0.25, 0.3) is 23.0 Å². The zero-order chi connectivity index (χ0) is 22.0. The Bertz CT molecular complexity index is 1150. The monoisotopic (exact) mass is 449 g/mol. The summed E-state index contributed by atoms with van der Waals surface area (Å²) in [4.78, 5) is 4.33. The molecule has 3 heterocycles. The van der Waals surface area contributed by atoms with Crippen molar-refractivity contribution in [1.82, 2.24) is 14.4 Å². The molecule has 0 spiro atoms. The molecule has 2 aromatic heterocycles. The van der Waals surface area contributed by atoms with Gasteiger partial charge in [-0.3, -0.25) is 0 Å². The Morgan fingerprint density at radius 1 is 1.10 bits per heavy atom. The van der Waals surface area contributed by atoms with Crippen LogP contribution in [0.5, 0.6) is 11.5 Å². The van der Waals surface area contributed by atoms with E-state index in [0.29, 0.717) is 36.1 Å². The normalized spacial score (nSPS) is 15.4. The van der Waals surface area contributed by atoms with Gasteiger partial charge in [0.2, 0.25) is 10.9 Å². The first-order valence-electron chi connectivity index (χ1n) is 9.75. The molecule has 0 amide bonds. The van der Waals surface area contributed by atoms with Gasteiger partial charge in [-0.2, -0.15) is 9.29 Å². The van der Waals surface area contributed by atoms with Crippen LogP contribution < -0.4 is 9.47 Å². The van der Waals surface area contributed by atoms with Crippen LogP contribution in [-0.2, 0) is 14.8 Å². The van der Waals surface area contributed by atoms with Gasteiger partial charge in [0.25, 0.3) is 15.9 Å². The highest BCUT2D eigenvalue weighted by Gasteiger charge is 2.30. The van der Waals surface area contributed by atoms with Gasteiger partial charge in [0.05, 0.1) is 26.4 Å². The summed E-state index contributed by atoms with van der Waals surface area (Å²) in [5.41, 5.74) is 0.649. The Balaban J connectivity index is 1.57. The number of benzene rings is 1. The highest BCUT2D eigenvalue weighted by Crippen LogP contribution is 2.33. The van der Waals surface area contributed by atoms with Gasteiger partial charge in [-0.1, -0.05) is 5.16 Å². The lowest BCUT2D eigenvalue weighted by atomic mass is 10.2. The maximum Gasteiger partial charge on any atom is 0.293 e. The van der Waals surface area contributed by atoms with E-state index >= 15 is 0 Å². The van der Waals surface area contributed by atoms with E-state index in [0.717, 1.165) is 0 Å². The topological polar surface area (TPSA) is 117 Å². The minimum absolute atomic E-state index is 0.00147. The summed E-state index contributed by atoms with van der Waals surface area (Å²) < 4.78 is 53.9. The van der Waals surface area contributed by atoms with Crippen molar-refractivity contribution in [2.75, 3.05) is 33.4 Å². The predicted octanol–water partition coefficient (Wildman–Crippen LogP) is 2.81. The van der Waals surface area contributed by atoms with Gasteiger partial charge in [0.15, 0.2) is 17.3 Å². The minimum atomic E-state index is -3.75. The van der Waals surface area contributed by atoms with Crippen LogP contribution >= 0.6 is 0 Å². The Kier molecular flexibility index (Phi) is 5.99. The standard InChI is InChI=1S/C20H23N3O7S/c1-13(2)28-15-5-4-14(12-17(15)26-3)19-21-20(30-22-19)16-6-7-18(29-16)31(24,25)23-8-10-27-11-9-23/h4-7,12-13H,8-11H2,1-3H3. The van der Waals surface area contributed by atoms with Crippen molar-refractivity contribution in [2.45, 2.75) is 25.0 Å². The van der Waals surface area contributed by atoms with E-state index in [1.54, 1.807) is 25.3 Å². The van der Waals surface area contributed by atoms with E-state index in [-0.39, 0.29) is 35.9 Å². The second-order valence-corrected chi connectivity index (χ2v) is 8.96. The van der Waals surface area contributed by atoms with Crippen molar-refractivity contribution in [2.24, 2.45) is 0 Å². The first kappa shape index (κ1) is 21.3. The number of rotatable bonds is 7. The molecule has 0 radical (unpaired) electrons. The fourth-order valence-electron chi connectivity index (χ4n) is 3.09. The van der Waals surface area contributed by atoms with E-state index in [9.17, 15) is 8.42 Å². The molecular formula is C20H23N3O7S. The summed E-state index contributed by atoms with van der Waals surface area (Å²) >= 11 is 0. The van der Waals surface area contributed by atoms with Crippen LogP contribution in [0, 0.1) is 0 Å². The van der Waals surface area contributed by atoms with Gasteiger partial charge in [0.1, 0.15) is 0 Å².